The average molecular weight is 447 g/mol. The third kappa shape index (κ3) is 10.1. The molecule has 0 fully saturated rings. The van der Waals surface area contributed by atoms with Gasteiger partial charge in [-0.1, -0.05) is 65.2 Å². The summed E-state index contributed by atoms with van der Waals surface area (Å²) in [6.45, 7) is 4.06. The van der Waals surface area contributed by atoms with Crippen LogP contribution in [0.5, 0.6) is 5.75 Å². The molecule has 2 aromatic rings. The van der Waals surface area contributed by atoms with E-state index < -0.39 is 12.3 Å². The first-order chi connectivity index (χ1) is 15.6. The molecule has 1 heterocycles. The van der Waals surface area contributed by atoms with Crippen LogP contribution >= 0.6 is 0 Å². The van der Waals surface area contributed by atoms with E-state index >= 15 is 0 Å². The van der Waals surface area contributed by atoms with Crippen LogP contribution in [0, 0.1) is 0 Å². The first-order valence-corrected chi connectivity index (χ1v) is 12.5. The lowest BCUT2D eigenvalue weighted by molar-refractivity contribution is 0.133. The number of rotatable bonds is 17. The molecule has 0 bridgehead atoms. The Morgan fingerprint density at radius 1 is 0.781 bits per heavy atom. The maximum atomic E-state index is 13.5. The van der Waals surface area contributed by atoms with E-state index in [-0.39, 0.29) is 19.4 Å². The Labute approximate surface area is 193 Å². The highest BCUT2D eigenvalue weighted by Crippen LogP contribution is 2.20. The van der Waals surface area contributed by atoms with Crippen LogP contribution in [0.1, 0.15) is 90.0 Å². The van der Waals surface area contributed by atoms with Crippen molar-refractivity contribution in [3.8, 4) is 17.1 Å². The number of nitrogens with zero attached hydrogens (tertiary/aromatic N) is 2. The molecule has 5 heteroatoms. The Hall–Kier alpha value is -2.04. The van der Waals surface area contributed by atoms with E-state index in [4.69, 9.17) is 4.74 Å². The molecule has 1 aromatic heterocycles. The molecule has 2 rings (SSSR count). The summed E-state index contributed by atoms with van der Waals surface area (Å²) in [5.74, 6) is 1.31. The van der Waals surface area contributed by atoms with Crippen LogP contribution in [-0.4, -0.2) is 28.9 Å². The minimum absolute atomic E-state index is 0.0558. The third-order valence-electron chi connectivity index (χ3n) is 5.83. The van der Waals surface area contributed by atoms with Gasteiger partial charge in [-0.15, -0.1) is 0 Å². The molecule has 0 amide bonds. The largest absolute Gasteiger partial charge is 0.493 e. The van der Waals surface area contributed by atoms with Gasteiger partial charge < -0.3 is 4.74 Å². The van der Waals surface area contributed by atoms with Crippen LogP contribution in [0.4, 0.5) is 8.78 Å². The van der Waals surface area contributed by atoms with Gasteiger partial charge in [0.05, 0.1) is 6.61 Å². The topological polar surface area (TPSA) is 35.0 Å². The molecule has 1 aromatic carbocycles. The summed E-state index contributed by atoms with van der Waals surface area (Å²) in [7, 11) is 0. The lowest BCUT2D eigenvalue weighted by Gasteiger charge is -2.12. The number of benzene rings is 1. The molecule has 2 atom stereocenters. The summed E-state index contributed by atoms with van der Waals surface area (Å²) in [4.78, 5) is 9.01. The van der Waals surface area contributed by atoms with E-state index in [2.05, 4.69) is 16.9 Å². The van der Waals surface area contributed by atoms with Crippen molar-refractivity contribution in [3.63, 3.8) is 0 Å². The van der Waals surface area contributed by atoms with Crippen molar-refractivity contribution in [1.82, 2.24) is 9.97 Å². The zero-order valence-electron chi connectivity index (χ0n) is 19.9. The summed E-state index contributed by atoms with van der Waals surface area (Å²) in [6.07, 6.45) is 14.2. The van der Waals surface area contributed by atoms with Gasteiger partial charge in [0.1, 0.15) is 18.1 Å². The first-order valence-electron chi connectivity index (χ1n) is 12.5. The van der Waals surface area contributed by atoms with E-state index in [9.17, 15) is 8.78 Å². The molecule has 0 aliphatic rings. The van der Waals surface area contributed by atoms with Crippen molar-refractivity contribution < 1.29 is 13.5 Å². The standard InChI is InChI=1S/C27H40F2N2O/c1-3-5-6-7-8-9-10-11-12-13-22-20-30-27(31-21-22)23-14-16-24(17-15-23)32-19-18-26(29)25(28)4-2/h14-17,20-21,25-26H,3-13,18-19H2,1-2H3. The Balaban J connectivity index is 1.66. The SMILES string of the molecule is CCCCCCCCCCCc1cnc(-c2ccc(OCCC(F)C(F)CC)cc2)nc1. The van der Waals surface area contributed by atoms with Crippen LogP contribution in [0.15, 0.2) is 36.7 Å². The summed E-state index contributed by atoms with van der Waals surface area (Å²) in [5.41, 5.74) is 2.08. The van der Waals surface area contributed by atoms with Gasteiger partial charge in [-0.25, -0.2) is 18.7 Å². The summed E-state index contributed by atoms with van der Waals surface area (Å²) in [5, 5.41) is 0. The van der Waals surface area contributed by atoms with E-state index in [0.29, 0.717) is 11.6 Å². The van der Waals surface area contributed by atoms with Gasteiger partial charge in [-0.05, 0) is 49.1 Å². The van der Waals surface area contributed by atoms with Crippen molar-refractivity contribution in [2.75, 3.05) is 6.61 Å². The Kier molecular flexibility index (Phi) is 12.9. The molecule has 3 nitrogen and oxygen atoms in total. The molecule has 32 heavy (non-hydrogen) atoms. The molecule has 178 valence electrons. The summed E-state index contributed by atoms with van der Waals surface area (Å²) < 4.78 is 32.3. The number of ether oxygens (including phenoxy) is 1. The molecule has 0 N–H and O–H groups in total. The summed E-state index contributed by atoms with van der Waals surface area (Å²) in [6, 6.07) is 7.41. The summed E-state index contributed by atoms with van der Waals surface area (Å²) >= 11 is 0. The minimum Gasteiger partial charge on any atom is -0.493 e. The maximum absolute atomic E-state index is 13.5. The lowest BCUT2D eigenvalue weighted by Crippen LogP contribution is -2.19. The number of aromatic nitrogens is 2. The number of aryl methyl sites for hydroxylation is 1. The predicted octanol–water partition coefficient (Wildman–Crippen LogP) is 8.07. The molecular weight excluding hydrogens is 406 g/mol. The van der Waals surface area contributed by atoms with Gasteiger partial charge in [0.25, 0.3) is 0 Å². The number of alkyl halides is 2. The fourth-order valence-electron chi connectivity index (χ4n) is 3.70. The van der Waals surface area contributed by atoms with E-state index in [1.165, 1.54) is 63.4 Å². The van der Waals surface area contributed by atoms with Crippen LogP contribution < -0.4 is 4.74 Å². The minimum atomic E-state index is -1.47. The fraction of sp³-hybridized carbons (Fsp3) is 0.630. The van der Waals surface area contributed by atoms with Gasteiger partial charge in [0, 0.05) is 24.4 Å². The van der Waals surface area contributed by atoms with E-state index in [1.807, 2.05) is 36.7 Å². The highest BCUT2D eigenvalue weighted by molar-refractivity contribution is 5.55. The molecule has 0 spiro atoms. The molecule has 0 radical (unpaired) electrons. The molecule has 2 unspecified atom stereocenters. The number of halogens is 2. The second kappa shape index (κ2) is 15.7. The molecule has 0 saturated heterocycles. The Morgan fingerprint density at radius 3 is 1.97 bits per heavy atom. The normalized spacial score (nSPS) is 13.1. The van der Waals surface area contributed by atoms with Crippen LogP contribution in [0.3, 0.4) is 0 Å². The Morgan fingerprint density at radius 2 is 1.38 bits per heavy atom. The van der Waals surface area contributed by atoms with Crippen molar-refractivity contribution in [2.45, 2.75) is 103 Å². The van der Waals surface area contributed by atoms with Gasteiger partial charge >= 0.3 is 0 Å². The Bertz CT molecular complexity index is 721. The highest BCUT2D eigenvalue weighted by atomic mass is 19.2. The van der Waals surface area contributed by atoms with Crippen molar-refractivity contribution in [2.24, 2.45) is 0 Å². The number of hydrogen-bond acceptors (Lipinski definition) is 3. The van der Waals surface area contributed by atoms with Crippen LogP contribution in [0.2, 0.25) is 0 Å². The van der Waals surface area contributed by atoms with Crippen LogP contribution in [0.25, 0.3) is 11.4 Å². The van der Waals surface area contributed by atoms with Gasteiger partial charge in [0.2, 0.25) is 0 Å². The van der Waals surface area contributed by atoms with Crippen molar-refractivity contribution in [3.05, 3.63) is 42.2 Å². The van der Waals surface area contributed by atoms with E-state index in [1.54, 1.807) is 6.92 Å². The van der Waals surface area contributed by atoms with Crippen molar-refractivity contribution in [1.29, 1.82) is 0 Å². The quantitative estimate of drug-likeness (QED) is 0.230. The van der Waals surface area contributed by atoms with Crippen molar-refractivity contribution >= 4 is 0 Å². The van der Waals surface area contributed by atoms with Gasteiger partial charge in [0.15, 0.2) is 5.82 Å². The zero-order chi connectivity index (χ0) is 23.0. The molecular formula is C27H40F2N2O. The number of hydrogen-bond donors (Lipinski definition) is 0. The smallest absolute Gasteiger partial charge is 0.159 e. The van der Waals surface area contributed by atoms with Gasteiger partial charge in [-0.3, -0.25) is 0 Å². The van der Waals surface area contributed by atoms with Gasteiger partial charge in [-0.2, -0.15) is 0 Å². The maximum Gasteiger partial charge on any atom is 0.159 e. The molecule has 0 aliphatic heterocycles. The second-order valence-corrected chi connectivity index (χ2v) is 8.60. The predicted molar refractivity (Wildman–Crippen MR) is 129 cm³/mol. The highest BCUT2D eigenvalue weighted by Gasteiger charge is 2.18. The number of unbranched alkanes of at least 4 members (excludes halogenated alkanes) is 8. The zero-order valence-corrected chi connectivity index (χ0v) is 19.9. The molecule has 0 aliphatic carbocycles. The van der Waals surface area contributed by atoms with Crippen LogP contribution in [-0.2, 0) is 6.42 Å². The monoisotopic (exact) mass is 446 g/mol. The first kappa shape index (κ1) is 26.2. The molecule has 0 saturated carbocycles. The lowest BCUT2D eigenvalue weighted by atomic mass is 10.1. The third-order valence-corrected chi connectivity index (χ3v) is 5.83. The fourth-order valence-corrected chi connectivity index (χ4v) is 3.70. The average Bonchev–Trinajstić information content (AvgIpc) is 2.83. The second-order valence-electron chi connectivity index (χ2n) is 8.60. The van der Waals surface area contributed by atoms with E-state index in [0.717, 1.165) is 12.0 Å².